The molecule has 144 valence electrons. The van der Waals surface area contributed by atoms with Crippen molar-refractivity contribution in [2.75, 3.05) is 11.9 Å². The van der Waals surface area contributed by atoms with Crippen LogP contribution < -0.4 is 15.5 Å². The van der Waals surface area contributed by atoms with Gasteiger partial charge in [0.2, 0.25) is 0 Å². The molecule has 0 fully saturated rings. The monoisotopic (exact) mass is 393 g/mol. The van der Waals surface area contributed by atoms with Crippen molar-refractivity contribution in [3.8, 4) is 11.5 Å². The summed E-state index contributed by atoms with van der Waals surface area (Å²) < 4.78 is 50.2. The topological polar surface area (TPSA) is 30.5 Å². The van der Waals surface area contributed by atoms with E-state index in [2.05, 4.69) is 5.32 Å². The van der Waals surface area contributed by atoms with Crippen LogP contribution in [0.15, 0.2) is 60.7 Å². The van der Waals surface area contributed by atoms with Crippen molar-refractivity contribution in [1.82, 2.24) is 0 Å². The first-order valence-electron chi connectivity index (χ1n) is 9.12. The highest BCUT2D eigenvalue weighted by Gasteiger charge is 2.49. The molecule has 1 unspecified atom stereocenters. The molecule has 3 nitrogen and oxygen atoms in total. The van der Waals surface area contributed by atoms with Gasteiger partial charge in [0.25, 0.3) is 0 Å². The number of nitrogens with one attached hydrogen (secondary N) is 1. The van der Waals surface area contributed by atoms with E-state index in [1.807, 2.05) is 30.3 Å². The van der Waals surface area contributed by atoms with Gasteiger partial charge in [0.05, 0.1) is 6.61 Å². The summed E-state index contributed by atoms with van der Waals surface area (Å²) in [5.41, 5.74) is 3.57. The smallest absolute Gasteiger partial charge is 0.405 e. The summed E-state index contributed by atoms with van der Waals surface area (Å²) in [7, 11) is 5.95. The van der Waals surface area contributed by atoms with Gasteiger partial charge < -0.3 is 14.8 Å². The van der Waals surface area contributed by atoms with Crippen molar-refractivity contribution < 1.29 is 22.6 Å². The Morgan fingerprint density at radius 1 is 0.931 bits per heavy atom. The van der Waals surface area contributed by atoms with Crippen molar-refractivity contribution in [3.63, 3.8) is 0 Å². The number of benzene rings is 3. The normalized spacial score (nSPS) is 19.3. The molecule has 1 atom stereocenters. The van der Waals surface area contributed by atoms with Crippen LogP contribution in [0.3, 0.4) is 0 Å². The molecule has 0 aliphatic carbocycles. The highest BCUT2D eigenvalue weighted by atomic mass is 19.4. The van der Waals surface area contributed by atoms with Crippen LogP contribution in [0.25, 0.3) is 0 Å². The zero-order valence-electron chi connectivity index (χ0n) is 15.2. The first kappa shape index (κ1) is 18.1. The van der Waals surface area contributed by atoms with Crippen LogP contribution in [-0.2, 0) is 16.9 Å². The lowest BCUT2D eigenvalue weighted by molar-refractivity contribution is -0.115. The standard InChI is InChI=1S/C22H15BF3NO2/c23-14-5-7-17-19(9-14)29-20-10-15(27-12-21(24,25)26)6-8-18(20)22(17)16-4-2-1-3-13(16)11-28-22/h1-10,27H,11-12H2. The molecular formula is C22H15BF3NO2. The number of anilines is 1. The summed E-state index contributed by atoms with van der Waals surface area (Å²) in [6, 6.07) is 18.2. The second kappa shape index (κ2) is 6.29. The van der Waals surface area contributed by atoms with Crippen LogP contribution >= 0.6 is 0 Å². The van der Waals surface area contributed by atoms with Gasteiger partial charge in [-0.05, 0) is 29.3 Å². The van der Waals surface area contributed by atoms with E-state index in [4.69, 9.17) is 17.3 Å². The minimum absolute atomic E-state index is 0.315. The Morgan fingerprint density at radius 3 is 2.45 bits per heavy atom. The summed E-state index contributed by atoms with van der Waals surface area (Å²) in [6.07, 6.45) is -4.31. The quantitative estimate of drug-likeness (QED) is 0.656. The molecule has 2 radical (unpaired) electrons. The number of alkyl halides is 3. The summed E-state index contributed by atoms with van der Waals surface area (Å²) in [5.74, 6) is 0.967. The lowest BCUT2D eigenvalue weighted by Crippen LogP contribution is -2.33. The molecule has 0 saturated carbocycles. The Bertz CT molecular complexity index is 1120. The highest BCUT2D eigenvalue weighted by molar-refractivity contribution is 6.32. The molecular weight excluding hydrogens is 378 g/mol. The van der Waals surface area contributed by atoms with Gasteiger partial charge in [-0.15, -0.1) is 0 Å². The van der Waals surface area contributed by atoms with E-state index in [9.17, 15) is 13.2 Å². The molecule has 7 heteroatoms. The average molecular weight is 393 g/mol. The fourth-order valence-electron chi connectivity index (χ4n) is 4.09. The summed E-state index contributed by atoms with van der Waals surface area (Å²) in [6.45, 7) is -0.701. The molecule has 2 aliphatic rings. The second-order valence-electron chi connectivity index (χ2n) is 7.16. The van der Waals surface area contributed by atoms with Gasteiger partial charge in [0, 0.05) is 22.9 Å². The van der Waals surface area contributed by atoms with E-state index in [1.165, 1.54) is 0 Å². The van der Waals surface area contributed by atoms with Crippen LogP contribution in [0, 0.1) is 0 Å². The van der Waals surface area contributed by atoms with Crippen LogP contribution in [0.4, 0.5) is 18.9 Å². The SMILES string of the molecule is [B]c1ccc2c(c1)Oc1cc(NCC(F)(F)F)ccc1C21OCc2ccccc21. The molecule has 1 N–H and O–H groups in total. The summed E-state index contributed by atoms with van der Waals surface area (Å²) in [4.78, 5) is 0. The van der Waals surface area contributed by atoms with E-state index in [0.717, 1.165) is 22.3 Å². The molecule has 1 spiro atoms. The van der Waals surface area contributed by atoms with E-state index in [1.54, 1.807) is 30.3 Å². The minimum atomic E-state index is -4.31. The lowest BCUT2D eigenvalue weighted by atomic mass is 9.76. The van der Waals surface area contributed by atoms with E-state index in [0.29, 0.717) is 29.3 Å². The molecule has 29 heavy (non-hydrogen) atoms. The molecule has 0 aromatic heterocycles. The Hall–Kier alpha value is -2.93. The van der Waals surface area contributed by atoms with Gasteiger partial charge in [-0.2, -0.15) is 13.2 Å². The second-order valence-corrected chi connectivity index (χ2v) is 7.16. The van der Waals surface area contributed by atoms with Crippen LogP contribution in [0.2, 0.25) is 0 Å². The third-order valence-corrected chi connectivity index (χ3v) is 5.30. The van der Waals surface area contributed by atoms with Gasteiger partial charge in [0.15, 0.2) is 5.60 Å². The first-order valence-corrected chi connectivity index (χ1v) is 9.12. The fraction of sp³-hybridized carbons (Fsp3) is 0.182. The molecule has 3 aromatic rings. The lowest BCUT2D eigenvalue weighted by Gasteiger charge is -2.37. The van der Waals surface area contributed by atoms with Crippen molar-refractivity contribution in [2.24, 2.45) is 0 Å². The van der Waals surface area contributed by atoms with Crippen LogP contribution in [0.5, 0.6) is 11.5 Å². The van der Waals surface area contributed by atoms with E-state index >= 15 is 0 Å². The van der Waals surface area contributed by atoms with Gasteiger partial charge >= 0.3 is 6.18 Å². The molecule has 2 aliphatic heterocycles. The Balaban J connectivity index is 1.68. The molecule has 0 saturated heterocycles. The largest absolute Gasteiger partial charge is 0.456 e. The number of hydrogen-bond acceptors (Lipinski definition) is 3. The number of halogens is 3. The average Bonchev–Trinajstić information content (AvgIpc) is 3.06. The van der Waals surface area contributed by atoms with Crippen molar-refractivity contribution in [3.05, 3.63) is 82.9 Å². The first-order chi connectivity index (χ1) is 13.9. The number of rotatable bonds is 2. The maximum Gasteiger partial charge on any atom is 0.405 e. The van der Waals surface area contributed by atoms with Gasteiger partial charge in [0.1, 0.15) is 25.9 Å². The Kier molecular flexibility index (Phi) is 3.93. The number of fused-ring (bicyclic) bond motifs is 6. The van der Waals surface area contributed by atoms with Crippen molar-refractivity contribution >= 4 is 19.0 Å². The Morgan fingerprint density at radius 2 is 1.66 bits per heavy atom. The predicted molar refractivity (Wildman–Crippen MR) is 104 cm³/mol. The molecule has 0 bridgehead atoms. The Labute approximate surface area is 166 Å². The summed E-state index contributed by atoms with van der Waals surface area (Å²) >= 11 is 0. The van der Waals surface area contributed by atoms with Crippen molar-refractivity contribution in [2.45, 2.75) is 18.4 Å². The van der Waals surface area contributed by atoms with E-state index < -0.39 is 18.3 Å². The predicted octanol–water partition coefficient (Wildman–Crippen LogP) is 4.38. The molecule has 2 heterocycles. The molecule has 0 amide bonds. The van der Waals surface area contributed by atoms with E-state index in [-0.39, 0.29) is 0 Å². The van der Waals surface area contributed by atoms with Gasteiger partial charge in [-0.3, -0.25) is 0 Å². The maximum absolute atomic E-state index is 12.6. The van der Waals surface area contributed by atoms with Crippen LogP contribution in [0.1, 0.15) is 22.3 Å². The third kappa shape index (κ3) is 2.88. The highest BCUT2D eigenvalue weighted by Crippen LogP contribution is 2.56. The van der Waals surface area contributed by atoms with Gasteiger partial charge in [-0.25, -0.2) is 0 Å². The van der Waals surface area contributed by atoms with Gasteiger partial charge in [-0.1, -0.05) is 41.9 Å². The fourth-order valence-corrected chi connectivity index (χ4v) is 4.09. The minimum Gasteiger partial charge on any atom is -0.456 e. The zero-order valence-corrected chi connectivity index (χ0v) is 15.2. The summed E-state index contributed by atoms with van der Waals surface area (Å²) in [5, 5.41) is 2.40. The van der Waals surface area contributed by atoms with Crippen LogP contribution in [-0.4, -0.2) is 20.6 Å². The molecule has 5 rings (SSSR count). The maximum atomic E-state index is 12.6. The number of ether oxygens (including phenoxy) is 2. The van der Waals surface area contributed by atoms with Crippen molar-refractivity contribution in [1.29, 1.82) is 0 Å². The third-order valence-electron chi connectivity index (χ3n) is 5.30. The molecule has 3 aromatic carbocycles. The number of hydrogen-bond donors (Lipinski definition) is 1. The zero-order chi connectivity index (χ0) is 20.2.